The van der Waals surface area contributed by atoms with Gasteiger partial charge in [-0.3, -0.25) is 4.79 Å². The van der Waals surface area contributed by atoms with Crippen molar-refractivity contribution >= 4 is 21.6 Å². The molecule has 1 N–H and O–H groups in total. The summed E-state index contributed by atoms with van der Waals surface area (Å²) in [5.41, 5.74) is 2.20. The molecule has 27 heavy (non-hydrogen) atoms. The van der Waals surface area contributed by atoms with E-state index in [-0.39, 0.29) is 10.8 Å². The van der Waals surface area contributed by atoms with E-state index in [1.54, 1.807) is 37.3 Å². The van der Waals surface area contributed by atoms with Crippen molar-refractivity contribution in [3.63, 3.8) is 0 Å². The van der Waals surface area contributed by atoms with Crippen LogP contribution in [0.1, 0.15) is 15.9 Å². The van der Waals surface area contributed by atoms with Crippen molar-refractivity contribution < 1.29 is 13.2 Å². The van der Waals surface area contributed by atoms with Crippen LogP contribution in [0.3, 0.4) is 0 Å². The molecule has 0 spiro atoms. The Morgan fingerprint density at radius 2 is 1.93 bits per heavy atom. The molecular formula is C17H18N6O3S. The van der Waals surface area contributed by atoms with E-state index in [1.807, 2.05) is 0 Å². The molecule has 3 aromatic rings. The first kappa shape index (κ1) is 18.7. The lowest BCUT2D eigenvalue weighted by Crippen LogP contribution is -2.22. The molecule has 2 aromatic carbocycles. The van der Waals surface area contributed by atoms with Gasteiger partial charge in [0.15, 0.2) is 0 Å². The number of amides is 1. The minimum Gasteiger partial charge on any atom is -0.322 e. The van der Waals surface area contributed by atoms with Crippen LogP contribution in [0.2, 0.25) is 0 Å². The van der Waals surface area contributed by atoms with E-state index < -0.39 is 10.0 Å². The second-order valence-electron chi connectivity index (χ2n) is 6.02. The van der Waals surface area contributed by atoms with Crippen molar-refractivity contribution in [3.05, 3.63) is 59.9 Å². The highest BCUT2D eigenvalue weighted by Gasteiger charge is 2.19. The van der Waals surface area contributed by atoms with Crippen LogP contribution in [0.25, 0.3) is 5.69 Å². The van der Waals surface area contributed by atoms with Gasteiger partial charge in [-0.1, -0.05) is 12.1 Å². The van der Waals surface area contributed by atoms with Gasteiger partial charge in [-0.15, -0.1) is 5.10 Å². The Kier molecular flexibility index (Phi) is 5.02. The number of anilines is 1. The molecule has 0 aliphatic heterocycles. The van der Waals surface area contributed by atoms with Crippen LogP contribution in [0, 0.1) is 6.92 Å². The number of carbonyl (C=O) groups excluding carboxylic acids is 1. The Bertz CT molecular complexity index is 1080. The molecule has 0 aliphatic carbocycles. The van der Waals surface area contributed by atoms with Gasteiger partial charge in [0.25, 0.3) is 5.91 Å². The zero-order valence-electron chi connectivity index (χ0n) is 15.0. The molecule has 0 radical (unpaired) electrons. The number of nitrogens with one attached hydrogen (secondary N) is 1. The smallest absolute Gasteiger partial charge is 0.255 e. The van der Waals surface area contributed by atoms with Crippen LogP contribution in [0.4, 0.5) is 5.69 Å². The van der Waals surface area contributed by atoms with Crippen LogP contribution in [-0.2, 0) is 10.0 Å². The van der Waals surface area contributed by atoms with Crippen molar-refractivity contribution in [2.45, 2.75) is 11.8 Å². The SMILES string of the molecule is Cc1ccc(S(=O)(=O)N(C)C)cc1NC(=O)c1cccc(-n2cnnn2)c1. The summed E-state index contributed by atoms with van der Waals surface area (Å²) in [5, 5.41) is 13.7. The number of tetrazole rings is 1. The number of rotatable bonds is 5. The Morgan fingerprint density at radius 3 is 2.59 bits per heavy atom. The maximum atomic E-state index is 12.7. The fraction of sp³-hybridized carbons (Fsp3) is 0.176. The first-order valence-corrected chi connectivity index (χ1v) is 9.41. The second-order valence-corrected chi connectivity index (χ2v) is 8.17. The minimum atomic E-state index is -3.60. The predicted octanol–water partition coefficient (Wildman–Crippen LogP) is 1.47. The van der Waals surface area contributed by atoms with Gasteiger partial charge in [-0.2, -0.15) is 0 Å². The predicted molar refractivity (Wildman–Crippen MR) is 99.2 cm³/mol. The third kappa shape index (κ3) is 3.86. The molecule has 0 saturated heterocycles. The molecule has 1 amide bonds. The lowest BCUT2D eigenvalue weighted by molar-refractivity contribution is 0.102. The van der Waals surface area contributed by atoms with E-state index in [2.05, 4.69) is 20.8 Å². The lowest BCUT2D eigenvalue weighted by atomic mass is 10.1. The fourth-order valence-corrected chi connectivity index (χ4v) is 3.30. The van der Waals surface area contributed by atoms with Crippen LogP contribution in [0.5, 0.6) is 0 Å². The Hall–Kier alpha value is -3.11. The number of hydrogen-bond acceptors (Lipinski definition) is 6. The van der Waals surface area contributed by atoms with Gasteiger partial charge in [0.2, 0.25) is 10.0 Å². The zero-order valence-corrected chi connectivity index (χ0v) is 15.8. The summed E-state index contributed by atoms with van der Waals surface area (Å²) < 4.78 is 27.2. The molecule has 0 saturated carbocycles. The summed E-state index contributed by atoms with van der Waals surface area (Å²) in [6.45, 7) is 1.79. The maximum absolute atomic E-state index is 12.7. The topological polar surface area (TPSA) is 110 Å². The maximum Gasteiger partial charge on any atom is 0.255 e. The summed E-state index contributed by atoms with van der Waals surface area (Å²) in [7, 11) is -0.684. The van der Waals surface area contributed by atoms with E-state index in [0.717, 1.165) is 9.87 Å². The summed E-state index contributed by atoms with van der Waals surface area (Å²) in [4.78, 5) is 12.8. The number of aromatic nitrogens is 4. The highest BCUT2D eigenvalue weighted by Crippen LogP contribution is 2.23. The molecule has 140 valence electrons. The highest BCUT2D eigenvalue weighted by atomic mass is 32.2. The average Bonchev–Trinajstić information content (AvgIpc) is 3.18. The monoisotopic (exact) mass is 386 g/mol. The normalized spacial score (nSPS) is 11.6. The van der Waals surface area contributed by atoms with Gasteiger partial charge in [0.1, 0.15) is 6.33 Å². The van der Waals surface area contributed by atoms with Crippen molar-refractivity contribution in [2.75, 3.05) is 19.4 Å². The largest absolute Gasteiger partial charge is 0.322 e. The summed E-state index contributed by atoms with van der Waals surface area (Å²) >= 11 is 0. The zero-order chi connectivity index (χ0) is 19.6. The molecule has 0 fully saturated rings. The van der Waals surface area contributed by atoms with E-state index in [9.17, 15) is 13.2 Å². The van der Waals surface area contributed by atoms with Gasteiger partial charge in [0, 0.05) is 25.3 Å². The number of benzene rings is 2. The van der Waals surface area contributed by atoms with Gasteiger partial charge >= 0.3 is 0 Å². The summed E-state index contributed by atoms with van der Waals surface area (Å²) in [6.07, 6.45) is 1.43. The number of nitrogens with zero attached hydrogens (tertiary/aromatic N) is 5. The summed E-state index contributed by atoms with van der Waals surface area (Å²) in [6, 6.07) is 11.4. The number of carbonyl (C=O) groups is 1. The number of hydrogen-bond donors (Lipinski definition) is 1. The van der Waals surface area contributed by atoms with Gasteiger partial charge in [0.05, 0.1) is 10.6 Å². The van der Waals surface area contributed by atoms with Crippen LogP contribution in [0.15, 0.2) is 53.7 Å². The van der Waals surface area contributed by atoms with Crippen molar-refractivity contribution in [1.82, 2.24) is 24.5 Å². The molecule has 9 nitrogen and oxygen atoms in total. The highest BCUT2D eigenvalue weighted by molar-refractivity contribution is 7.89. The summed E-state index contributed by atoms with van der Waals surface area (Å²) in [5.74, 6) is -0.368. The molecule has 3 rings (SSSR count). The van der Waals surface area contributed by atoms with Crippen LogP contribution in [-0.4, -0.2) is 52.9 Å². The van der Waals surface area contributed by atoms with Crippen molar-refractivity contribution in [3.8, 4) is 5.69 Å². The Labute approximate surface area is 156 Å². The van der Waals surface area contributed by atoms with Gasteiger partial charge in [-0.05, 0) is 53.2 Å². The second kappa shape index (κ2) is 7.25. The Balaban J connectivity index is 1.90. The van der Waals surface area contributed by atoms with Crippen LogP contribution < -0.4 is 5.32 Å². The molecule has 0 unspecified atom stereocenters. The molecule has 1 aromatic heterocycles. The Morgan fingerprint density at radius 1 is 1.15 bits per heavy atom. The first-order valence-electron chi connectivity index (χ1n) is 7.97. The fourth-order valence-electron chi connectivity index (χ4n) is 2.37. The molecular weight excluding hydrogens is 368 g/mol. The minimum absolute atomic E-state index is 0.107. The standard InChI is InChI=1S/C17H18N6O3S/c1-12-7-8-15(27(25,26)22(2)3)10-16(12)19-17(24)13-5-4-6-14(9-13)23-11-18-20-21-23/h4-11H,1-3H3,(H,19,24). The van der Waals surface area contributed by atoms with E-state index in [1.165, 1.54) is 37.2 Å². The quantitative estimate of drug-likeness (QED) is 0.711. The van der Waals surface area contributed by atoms with E-state index in [4.69, 9.17) is 0 Å². The number of sulfonamides is 1. The molecule has 1 heterocycles. The lowest BCUT2D eigenvalue weighted by Gasteiger charge is -2.14. The van der Waals surface area contributed by atoms with Crippen molar-refractivity contribution in [2.24, 2.45) is 0 Å². The average molecular weight is 386 g/mol. The van der Waals surface area contributed by atoms with Gasteiger partial charge < -0.3 is 5.32 Å². The van der Waals surface area contributed by atoms with E-state index >= 15 is 0 Å². The van der Waals surface area contributed by atoms with Crippen molar-refractivity contribution in [1.29, 1.82) is 0 Å². The first-order chi connectivity index (χ1) is 12.8. The molecule has 0 bridgehead atoms. The number of aryl methyl sites for hydroxylation is 1. The van der Waals surface area contributed by atoms with Gasteiger partial charge in [-0.25, -0.2) is 17.4 Å². The third-order valence-corrected chi connectivity index (χ3v) is 5.77. The molecule has 0 aliphatic rings. The van der Waals surface area contributed by atoms with E-state index in [0.29, 0.717) is 16.9 Å². The van der Waals surface area contributed by atoms with Crippen LogP contribution >= 0.6 is 0 Å². The molecule has 0 atom stereocenters. The molecule has 10 heteroatoms. The third-order valence-electron chi connectivity index (χ3n) is 3.96.